The van der Waals surface area contributed by atoms with E-state index in [1.807, 2.05) is 4.90 Å². The van der Waals surface area contributed by atoms with E-state index in [0.717, 1.165) is 44.6 Å². The van der Waals surface area contributed by atoms with Crippen LogP contribution in [0, 0.1) is 0 Å². The van der Waals surface area contributed by atoms with Crippen LogP contribution in [0.4, 0.5) is 20.2 Å². The molecule has 0 bridgehead atoms. The van der Waals surface area contributed by atoms with Gasteiger partial charge in [0.15, 0.2) is 6.04 Å². The largest absolute Gasteiger partial charge is 0.370 e. The molecule has 3 amide bonds. The first kappa shape index (κ1) is 22.6. The van der Waals surface area contributed by atoms with E-state index in [4.69, 9.17) is 10.5 Å². The molecule has 0 spiro atoms. The molecular formula is C22H28F2N4O4. The van der Waals surface area contributed by atoms with Gasteiger partial charge in [-0.1, -0.05) is 12.8 Å². The topological polar surface area (TPSA) is 105 Å². The minimum Gasteiger partial charge on any atom is -0.370 e. The van der Waals surface area contributed by atoms with Gasteiger partial charge >= 0.3 is 0 Å². The van der Waals surface area contributed by atoms with Gasteiger partial charge in [0.05, 0.1) is 12.3 Å². The third-order valence-corrected chi connectivity index (χ3v) is 6.62. The van der Waals surface area contributed by atoms with Gasteiger partial charge in [-0.15, -0.1) is 0 Å². The van der Waals surface area contributed by atoms with Crippen LogP contribution in [-0.2, 0) is 19.1 Å². The Balaban J connectivity index is 1.56. The highest BCUT2D eigenvalue weighted by molar-refractivity contribution is 6.09. The monoisotopic (exact) mass is 450 g/mol. The summed E-state index contributed by atoms with van der Waals surface area (Å²) in [5.74, 6) is -1.77. The average molecular weight is 450 g/mol. The molecule has 4 rings (SSSR count). The summed E-state index contributed by atoms with van der Waals surface area (Å²) in [7, 11) is 0. The standard InChI is InChI=1S/C22H28F2N4O4/c23-20(24)16-11-13(7-8-17(16)27-9-10-32-12-18(27)29)26-22(31)19(21(25)30)28(14-3-1-4-14)15-5-2-6-15/h7-8,11,14-15,19-20H,1-6,9-10,12H2,(H2,25,30)(H,26,31)/t19-/m1/s1. The summed E-state index contributed by atoms with van der Waals surface area (Å²) in [4.78, 5) is 40.6. The van der Waals surface area contributed by atoms with Crippen LogP contribution in [0.25, 0.3) is 0 Å². The maximum absolute atomic E-state index is 13.8. The molecular weight excluding hydrogens is 422 g/mol. The Morgan fingerprint density at radius 1 is 1.16 bits per heavy atom. The highest BCUT2D eigenvalue weighted by Gasteiger charge is 2.43. The number of nitrogens with two attached hydrogens (primary N) is 1. The van der Waals surface area contributed by atoms with Crippen LogP contribution in [0.5, 0.6) is 0 Å². The highest BCUT2D eigenvalue weighted by atomic mass is 19.3. The number of amides is 3. The number of carbonyl (C=O) groups excluding carboxylic acids is 3. The molecule has 1 aliphatic heterocycles. The van der Waals surface area contributed by atoms with Crippen LogP contribution in [0.3, 0.4) is 0 Å². The number of nitrogens with one attached hydrogen (secondary N) is 1. The van der Waals surface area contributed by atoms with Gasteiger partial charge in [-0.25, -0.2) is 8.78 Å². The molecule has 0 unspecified atom stereocenters. The number of benzene rings is 1. The van der Waals surface area contributed by atoms with E-state index in [2.05, 4.69) is 5.32 Å². The van der Waals surface area contributed by atoms with Gasteiger partial charge in [0.2, 0.25) is 5.91 Å². The lowest BCUT2D eigenvalue weighted by molar-refractivity contribution is -0.138. The van der Waals surface area contributed by atoms with E-state index in [1.54, 1.807) is 0 Å². The van der Waals surface area contributed by atoms with E-state index in [0.29, 0.717) is 0 Å². The summed E-state index contributed by atoms with van der Waals surface area (Å²) in [5, 5.41) is 2.60. The van der Waals surface area contributed by atoms with E-state index >= 15 is 0 Å². The quantitative estimate of drug-likeness (QED) is 0.591. The van der Waals surface area contributed by atoms with Gasteiger partial charge in [-0.2, -0.15) is 0 Å². The fourth-order valence-corrected chi connectivity index (χ4v) is 4.54. The molecule has 174 valence electrons. The van der Waals surface area contributed by atoms with Gasteiger partial charge in [0.25, 0.3) is 18.2 Å². The first-order valence-electron chi connectivity index (χ1n) is 11.0. The van der Waals surface area contributed by atoms with Crippen molar-refractivity contribution in [3.63, 3.8) is 0 Å². The van der Waals surface area contributed by atoms with E-state index in [9.17, 15) is 23.2 Å². The molecule has 2 saturated carbocycles. The second-order valence-electron chi connectivity index (χ2n) is 8.58. The molecule has 3 aliphatic rings. The number of halogens is 2. The Morgan fingerprint density at radius 2 is 1.81 bits per heavy atom. The van der Waals surface area contributed by atoms with Crippen LogP contribution < -0.4 is 16.0 Å². The fraction of sp³-hybridized carbons (Fsp3) is 0.591. The van der Waals surface area contributed by atoms with Crippen molar-refractivity contribution in [3.05, 3.63) is 23.8 Å². The Morgan fingerprint density at radius 3 is 2.31 bits per heavy atom. The lowest BCUT2D eigenvalue weighted by Crippen LogP contribution is -2.62. The second kappa shape index (κ2) is 9.50. The zero-order valence-corrected chi connectivity index (χ0v) is 17.8. The fourth-order valence-electron chi connectivity index (χ4n) is 4.54. The summed E-state index contributed by atoms with van der Waals surface area (Å²) >= 11 is 0. The van der Waals surface area contributed by atoms with Crippen molar-refractivity contribution in [2.45, 2.75) is 63.1 Å². The molecule has 1 aromatic rings. The Hall–Kier alpha value is -2.59. The maximum Gasteiger partial charge on any atom is 0.265 e. The minimum absolute atomic E-state index is 0.0864. The molecule has 2 aliphatic carbocycles. The van der Waals surface area contributed by atoms with Gasteiger partial charge < -0.3 is 20.7 Å². The molecule has 0 aromatic heterocycles. The summed E-state index contributed by atoms with van der Waals surface area (Å²) in [6.07, 6.45) is 2.86. The van der Waals surface area contributed by atoms with Crippen molar-refractivity contribution < 1.29 is 27.9 Å². The van der Waals surface area contributed by atoms with Crippen LogP contribution in [0.15, 0.2) is 18.2 Å². The molecule has 1 saturated heterocycles. The Bertz CT molecular complexity index is 875. The smallest absolute Gasteiger partial charge is 0.265 e. The number of primary amides is 1. The molecule has 1 aromatic carbocycles. The molecule has 32 heavy (non-hydrogen) atoms. The first-order chi connectivity index (χ1) is 15.4. The highest BCUT2D eigenvalue weighted by Crippen LogP contribution is 2.36. The number of carbonyl (C=O) groups is 3. The predicted molar refractivity (Wildman–Crippen MR) is 113 cm³/mol. The molecule has 3 fully saturated rings. The van der Waals surface area contributed by atoms with E-state index < -0.39 is 30.2 Å². The number of ether oxygens (including phenoxy) is 1. The first-order valence-corrected chi connectivity index (χ1v) is 11.0. The number of morpholine rings is 1. The van der Waals surface area contributed by atoms with Crippen molar-refractivity contribution in [3.8, 4) is 0 Å². The lowest BCUT2D eigenvalue weighted by atomic mass is 9.83. The molecule has 3 N–H and O–H groups in total. The van der Waals surface area contributed by atoms with E-state index in [1.165, 1.54) is 17.0 Å². The molecule has 0 radical (unpaired) electrons. The number of alkyl halides is 2. The predicted octanol–water partition coefficient (Wildman–Crippen LogP) is 2.19. The van der Waals surface area contributed by atoms with Crippen LogP contribution in [0.1, 0.15) is 50.5 Å². The second-order valence-corrected chi connectivity index (χ2v) is 8.58. The third-order valence-electron chi connectivity index (χ3n) is 6.62. The van der Waals surface area contributed by atoms with Gasteiger partial charge in [0, 0.05) is 29.9 Å². The van der Waals surface area contributed by atoms with E-state index in [-0.39, 0.29) is 48.8 Å². The molecule has 1 heterocycles. The van der Waals surface area contributed by atoms with Crippen molar-refractivity contribution >= 4 is 29.1 Å². The third kappa shape index (κ3) is 4.47. The van der Waals surface area contributed by atoms with Crippen LogP contribution >= 0.6 is 0 Å². The van der Waals surface area contributed by atoms with Gasteiger partial charge in [-0.05, 0) is 43.9 Å². The van der Waals surface area contributed by atoms with Crippen molar-refractivity contribution in [1.29, 1.82) is 0 Å². The molecule has 1 atom stereocenters. The zero-order chi connectivity index (χ0) is 22.8. The normalized spacial score (nSPS) is 20.8. The molecule has 8 nitrogen and oxygen atoms in total. The number of hydrogen-bond acceptors (Lipinski definition) is 5. The maximum atomic E-state index is 13.8. The van der Waals surface area contributed by atoms with Crippen molar-refractivity contribution in [1.82, 2.24) is 4.90 Å². The lowest BCUT2D eigenvalue weighted by Gasteiger charge is -2.48. The van der Waals surface area contributed by atoms with Crippen molar-refractivity contribution in [2.24, 2.45) is 5.73 Å². The SMILES string of the molecule is NC(=O)[C@H](C(=O)Nc1ccc(N2CCOCC2=O)c(C(F)F)c1)N(C1CCC1)C1CCC1. The Labute approximate surface area is 185 Å². The van der Waals surface area contributed by atoms with Crippen LogP contribution in [-0.4, -0.2) is 60.5 Å². The zero-order valence-electron chi connectivity index (χ0n) is 17.8. The summed E-state index contributed by atoms with van der Waals surface area (Å²) in [5.41, 5.74) is 5.47. The number of rotatable bonds is 8. The number of hydrogen-bond donors (Lipinski definition) is 2. The summed E-state index contributed by atoms with van der Waals surface area (Å²) < 4.78 is 32.7. The number of nitrogens with zero attached hydrogens (tertiary/aromatic N) is 2. The Kier molecular flexibility index (Phi) is 6.71. The van der Waals surface area contributed by atoms with Crippen molar-refractivity contribution in [2.75, 3.05) is 30.0 Å². The van der Waals surface area contributed by atoms with Gasteiger partial charge in [0.1, 0.15) is 6.61 Å². The van der Waals surface area contributed by atoms with Gasteiger partial charge in [-0.3, -0.25) is 19.3 Å². The average Bonchev–Trinajstić information content (AvgIpc) is 2.65. The van der Waals surface area contributed by atoms with Crippen LogP contribution in [0.2, 0.25) is 0 Å². The minimum atomic E-state index is -2.86. The summed E-state index contributed by atoms with van der Waals surface area (Å²) in [6, 6.07) is 3.10. The number of anilines is 2. The summed E-state index contributed by atoms with van der Waals surface area (Å²) in [6.45, 7) is 0.261. The molecule has 10 heteroatoms.